The van der Waals surface area contributed by atoms with Gasteiger partial charge in [0.1, 0.15) is 29.1 Å². The van der Waals surface area contributed by atoms with Crippen molar-refractivity contribution in [1.29, 1.82) is 0 Å². The minimum Gasteiger partial charge on any atom is -0.508 e. The molecule has 0 atom stereocenters. The first-order valence-electron chi connectivity index (χ1n) is 9.78. The van der Waals surface area contributed by atoms with Gasteiger partial charge in [0, 0.05) is 24.2 Å². The molecule has 32 heavy (non-hydrogen) atoms. The van der Waals surface area contributed by atoms with E-state index in [0.29, 0.717) is 13.2 Å². The van der Waals surface area contributed by atoms with Crippen LogP contribution in [0.15, 0.2) is 33.5 Å². The number of aromatic hydroxyl groups is 4. The second kappa shape index (κ2) is 10.3. The number of ether oxygens (including phenoxy) is 2. The van der Waals surface area contributed by atoms with Gasteiger partial charge in [0.05, 0.1) is 7.11 Å². The lowest BCUT2D eigenvalue weighted by Crippen LogP contribution is -2.28. The molecule has 0 bridgehead atoms. The van der Waals surface area contributed by atoms with Crippen molar-refractivity contribution in [1.82, 2.24) is 4.90 Å². The van der Waals surface area contributed by atoms with Crippen molar-refractivity contribution in [3.8, 4) is 45.8 Å². The zero-order chi connectivity index (χ0) is 22.7. The fourth-order valence-corrected chi connectivity index (χ4v) is 3.30. The molecule has 0 fully saturated rings. The topological polar surface area (TPSA) is 133 Å². The number of likely N-dealkylation sites (N-methyl/N-ethyl adjacent to an activating group) is 1. The van der Waals surface area contributed by atoms with Gasteiger partial charge in [-0.2, -0.15) is 0 Å². The molecule has 0 aliphatic carbocycles. The average molecular weight is 468 g/mol. The Morgan fingerprint density at radius 1 is 1.00 bits per heavy atom. The van der Waals surface area contributed by atoms with Gasteiger partial charge in [0.25, 0.3) is 0 Å². The molecule has 1 heterocycles. The average Bonchev–Trinajstić information content (AvgIpc) is 2.74. The van der Waals surface area contributed by atoms with Gasteiger partial charge in [-0.1, -0.05) is 13.8 Å². The molecule has 10 heteroatoms. The van der Waals surface area contributed by atoms with E-state index in [-0.39, 0.29) is 51.9 Å². The summed E-state index contributed by atoms with van der Waals surface area (Å²) >= 11 is 0. The number of hydrogen-bond acceptors (Lipinski definition) is 9. The highest BCUT2D eigenvalue weighted by Crippen LogP contribution is 2.42. The summed E-state index contributed by atoms with van der Waals surface area (Å²) in [6, 6.07) is 4.83. The molecular formula is C22H26ClNO8. The minimum atomic E-state index is -0.701. The molecule has 0 saturated carbocycles. The Labute approximate surface area is 190 Å². The number of fused-ring (bicyclic) bond motifs is 1. The number of nitrogens with zero attached hydrogens (tertiary/aromatic N) is 1. The van der Waals surface area contributed by atoms with E-state index >= 15 is 0 Å². The number of rotatable bonds is 8. The number of methoxy groups -OCH3 is 1. The summed E-state index contributed by atoms with van der Waals surface area (Å²) in [4.78, 5) is 15.3. The Morgan fingerprint density at radius 2 is 1.62 bits per heavy atom. The molecule has 9 nitrogen and oxygen atoms in total. The molecule has 3 rings (SSSR count). The van der Waals surface area contributed by atoms with Crippen molar-refractivity contribution in [2.24, 2.45) is 0 Å². The van der Waals surface area contributed by atoms with Gasteiger partial charge < -0.3 is 39.2 Å². The summed E-state index contributed by atoms with van der Waals surface area (Å²) in [6.45, 7) is 6.71. The Kier molecular flexibility index (Phi) is 8.07. The first-order chi connectivity index (χ1) is 14.8. The van der Waals surface area contributed by atoms with Crippen LogP contribution in [0.5, 0.6) is 34.5 Å². The van der Waals surface area contributed by atoms with E-state index < -0.39 is 22.7 Å². The third kappa shape index (κ3) is 4.79. The lowest BCUT2D eigenvalue weighted by molar-refractivity contribution is 0.223. The van der Waals surface area contributed by atoms with Crippen molar-refractivity contribution in [3.05, 3.63) is 34.5 Å². The number of phenolic OH excluding ortho intramolecular Hbond substituents is 4. The van der Waals surface area contributed by atoms with Crippen molar-refractivity contribution >= 4 is 23.4 Å². The third-order valence-corrected chi connectivity index (χ3v) is 5.00. The van der Waals surface area contributed by atoms with Crippen LogP contribution in [0.3, 0.4) is 0 Å². The van der Waals surface area contributed by atoms with Crippen molar-refractivity contribution in [3.63, 3.8) is 0 Å². The normalized spacial score (nSPS) is 10.9. The van der Waals surface area contributed by atoms with E-state index in [9.17, 15) is 25.2 Å². The molecule has 174 valence electrons. The fraction of sp³-hybridized carbons (Fsp3) is 0.318. The number of benzene rings is 2. The van der Waals surface area contributed by atoms with Crippen LogP contribution in [0.1, 0.15) is 13.8 Å². The molecular weight excluding hydrogens is 442 g/mol. The van der Waals surface area contributed by atoms with Crippen LogP contribution in [0, 0.1) is 0 Å². The predicted molar refractivity (Wildman–Crippen MR) is 122 cm³/mol. The molecule has 3 aromatic rings. The van der Waals surface area contributed by atoms with Crippen LogP contribution in [-0.4, -0.2) is 58.7 Å². The molecule has 0 aliphatic heterocycles. The molecule has 0 aliphatic rings. The monoisotopic (exact) mass is 467 g/mol. The van der Waals surface area contributed by atoms with Gasteiger partial charge >= 0.3 is 0 Å². The number of phenols is 4. The van der Waals surface area contributed by atoms with Crippen LogP contribution in [-0.2, 0) is 0 Å². The first kappa shape index (κ1) is 25.0. The largest absolute Gasteiger partial charge is 0.508 e. The van der Waals surface area contributed by atoms with E-state index in [4.69, 9.17) is 13.9 Å². The molecule has 2 aromatic carbocycles. The Balaban J connectivity index is 0.00000363. The van der Waals surface area contributed by atoms with Crippen molar-refractivity contribution in [2.75, 3.05) is 33.4 Å². The third-order valence-electron chi connectivity index (χ3n) is 5.00. The van der Waals surface area contributed by atoms with Crippen molar-refractivity contribution in [2.45, 2.75) is 13.8 Å². The quantitative estimate of drug-likeness (QED) is 0.367. The molecule has 4 N–H and O–H groups in total. The Morgan fingerprint density at radius 3 is 2.19 bits per heavy atom. The van der Waals surface area contributed by atoms with Gasteiger partial charge in [0.2, 0.25) is 11.2 Å². The van der Waals surface area contributed by atoms with Crippen LogP contribution in [0.2, 0.25) is 0 Å². The summed E-state index contributed by atoms with van der Waals surface area (Å²) in [7, 11) is 1.28. The van der Waals surface area contributed by atoms with Gasteiger partial charge in [0.15, 0.2) is 23.0 Å². The number of hydrogen-bond donors (Lipinski definition) is 4. The molecule has 0 spiro atoms. The number of halogens is 1. The molecule has 0 saturated heterocycles. The Hall–Kier alpha value is -3.30. The van der Waals surface area contributed by atoms with Crippen LogP contribution in [0.4, 0.5) is 0 Å². The first-order valence-corrected chi connectivity index (χ1v) is 9.78. The maximum Gasteiger partial charge on any atom is 0.239 e. The second-order valence-corrected chi connectivity index (χ2v) is 6.85. The maximum atomic E-state index is 13.2. The van der Waals surface area contributed by atoms with E-state index in [1.54, 1.807) is 0 Å². The standard InChI is InChI=1S/C22H25NO8.ClH/c1-4-23(5-2)6-7-30-16-10-13(24)11-17-18(16)20(28)22(29-3)21(31-17)12-8-14(25)19(27)15(26)9-12;/h8-11,24-27H,4-7H2,1-3H3;1H. The lowest BCUT2D eigenvalue weighted by Gasteiger charge is -2.18. The maximum absolute atomic E-state index is 13.2. The highest BCUT2D eigenvalue weighted by Gasteiger charge is 2.22. The van der Waals surface area contributed by atoms with E-state index in [1.165, 1.54) is 19.2 Å². The van der Waals surface area contributed by atoms with E-state index in [0.717, 1.165) is 25.2 Å². The van der Waals surface area contributed by atoms with Crippen molar-refractivity contribution < 1.29 is 34.3 Å². The SMILES string of the molecule is CCN(CC)CCOc1cc(O)cc2oc(-c3cc(O)c(O)c(O)c3)c(OC)c(=O)c12.Cl. The fourth-order valence-electron chi connectivity index (χ4n) is 3.30. The van der Waals surface area contributed by atoms with Gasteiger partial charge in [-0.25, -0.2) is 0 Å². The van der Waals surface area contributed by atoms with Gasteiger partial charge in [-0.3, -0.25) is 4.79 Å². The van der Waals surface area contributed by atoms with E-state index in [2.05, 4.69) is 4.90 Å². The molecule has 0 amide bonds. The zero-order valence-electron chi connectivity index (χ0n) is 17.9. The lowest BCUT2D eigenvalue weighted by atomic mass is 10.1. The zero-order valence-corrected chi connectivity index (χ0v) is 18.7. The smallest absolute Gasteiger partial charge is 0.239 e. The molecule has 0 radical (unpaired) electrons. The summed E-state index contributed by atoms with van der Waals surface area (Å²) in [5.41, 5.74) is -0.426. The summed E-state index contributed by atoms with van der Waals surface area (Å²) < 4.78 is 16.8. The Bertz CT molecular complexity index is 1130. The summed E-state index contributed by atoms with van der Waals surface area (Å²) in [6.07, 6.45) is 0. The molecule has 1 aromatic heterocycles. The second-order valence-electron chi connectivity index (χ2n) is 6.85. The van der Waals surface area contributed by atoms with Crippen LogP contribution < -0.4 is 14.9 Å². The van der Waals surface area contributed by atoms with Gasteiger partial charge in [-0.05, 0) is 25.2 Å². The van der Waals surface area contributed by atoms with Crippen LogP contribution >= 0.6 is 12.4 Å². The summed E-state index contributed by atoms with van der Waals surface area (Å²) in [5.74, 6) is -2.20. The van der Waals surface area contributed by atoms with Crippen LogP contribution in [0.25, 0.3) is 22.3 Å². The molecule has 0 unspecified atom stereocenters. The highest BCUT2D eigenvalue weighted by atomic mass is 35.5. The van der Waals surface area contributed by atoms with E-state index in [1.807, 2.05) is 13.8 Å². The highest BCUT2D eigenvalue weighted by molar-refractivity contribution is 5.89. The minimum absolute atomic E-state index is 0. The van der Waals surface area contributed by atoms with Gasteiger partial charge in [-0.15, -0.1) is 12.4 Å². The summed E-state index contributed by atoms with van der Waals surface area (Å²) in [5, 5.41) is 39.4. The predicted octanol–water partition coefficient (Wildman–Crippen LogP) is 3.43.